The van der Waals surface area contributed by atoms with Crippen LogP contribution in [0, 0.1) is 5.92 Å². The number of likely N-dealkylation sites (N-methyl/N-ethyl adjacent to an activating group) is 1. The van der Waals surface area contributed by atoms with Gasteiger partial charge in [0.25, 0.3) is 10.2 Å². The third kappa shape index (κ3) is 2.76. The first-order valence-electron chi connectivity index (χ1n) is 6.41. The average molecular weight is 291 g/mol. The highest BCUT2D eigenvalue weighted by Crippen LogP contribution is 2.34. The molecule has 1 N–H and O–H groups in total. The van der Waals surface area contributed by atoms with Crippen molar-refractivity contribution in [3.05, 3.63) is 0 Å². The molecule has 2 fully saturated rings. The second-order valence-corrected chi connectivity index (χ2v) is 7.35. The standard InChI is InChI=1S/C11H21N3O4S/c1-12-11(15)9-6-8-4-5-14(7-10(8)18-9)19(16,17)13(2)3/h8-10H,4-7H2,1-3H3,(H,12,15)/t8-,9+,10+/m0/s1. The maximum atomic E-state index is 12.1. The summed E-state index contributed by atoms with van der Waals surface area (Å²) in [4.78, 5) is 11.6. The number of rotatable bonds is 3. The third-order valence-corrected chi connectivity index (χ3v) is 5.75. The fraction of sp³-hybridized carbons (Fsp3) is 0.909. The number of ether oxygens (including phenoxy) is 1. The molecule has 0 aromatic rings. The summed E-state index contributed by atoms with van der Waals surface area (Å²) in [6.07, 6.45) is 0.804. The van der Waals surface area contributed by atoms with Crippen LogP contribution in [0.2, 0.25) is 0 Å². The van der Waals surface area contributed by atoms with E-state index in [1.165, 1.54) is 22.7 Å². The van der Waals surface area contributed by atoms with E-state index in [4.69, 9.17) is 4.74 Å². The van der Waals surface area contributed by atoms with Crippen LogP contribution < -0.4 is 5.32 Å². The van der Waals surface area contributed by atoms with Crippen molar-refractivity contribution in [1.29, 1.82) is 0 Å². The molecule has 0 aromatic heterocycles. The molecule has 0 unspecified atom stereocenters. The predicted molar refractivity (Wildman–Crippen MR) is 69.6 cm³/mol. The Morgan fingerprint density at radius 1 is 1.42 bits per heavy atom. The van der Waals surface area contributed by atoms with E-state index < -0.39 is 16.3 Å². The summed E-state index contributed by atoms with van der Waals surface area (Å²) in [5, 5.41) is 2.57. The zero-order valence-electron chi connectivity index (χ0n) is 11.5. The largest absolute Gasteiger partial charge is 0.363 e. The second kappa shape index (κ2) is 5.35. The Hall–Kier alpha value is -0.700. The van der Waals surface area contributed by atoms with Gasteiger partial charge in [-0.15, -0.1) is 0 Å². The van der Waals surface area contributed by atoms with Crippen LogP contribution in [0.5, 0.6) is 0 Å². The minimum atomic E-state index is -3.40. The molecule has 2 saturated heterocycles. The summed E-state index contributed by atoms with van der Waals surface area (Å²) in [5.74, 6) is 0.146. The van der Waals surface area contributed by atoms with E-state index in [0.717, 1.165) is 6.42 Å². The molecule has 0 bridgehead atoms. The second-order valence-electron chi connectivity index (χ2n) is 5.21. The molecule has 0 radical (unpaired) electrons. The fourth-order valence-electron chi connectivity index (χ4n) is 2.67. The van der Waals surface area contributed by atoms with Crippen LogP contribution in [0.25, 0.3) is 0 Å². The Labute approximate surface area is 114 Å². The Kier molecular flexibility index (Phi) is 4.14. The van der Waals surface area contributed by atoms with E-state index in [1.54, 1.807) is 7.05 Å². The maximum absolute atomic E-state index is 12.1. The van der Waals surface area contributed by atoms with E-state index in [0.29, 0.717) is 19.5 Å². The van der Waals surface area contributed by atoms with Crippen LogP contribution in [0.1, 0.15) is 12.8 Å². The molecule has 2 aliphatic rings. The number of carbonyl (C=O) groups excluding carboxylic acids is 1. The van der Waals surface area contributed by atoms with Crippen molar-refractivity contribution in [1.82, 2.24) is 13.9 Å². The molecule has 0 spiro atoms. The molecule has 2 rings (SSSR count). The van der Waals surface area contributed by atoms with Gasteiger partial charge in [-0.2, -0.15) is 17.0 Å². The molecule has 0 aliphatic carbocycles. The molecule has 19 heavy (non-hydrogen) atoms. The molecule has 7 nitrogen and oxygen atoms in total. The van der Waals surface area contributed by atoms with Crippen LogP contribution in [-0.2, 0) is 19.7 Å². The number of piperidine rings is 1. The zero-order chi connectivity index (χ0) is 14.2. The van der Waals surface area contributed by atoms with Gasteiger partial charge in [0.1, 0.15) is 6.10 Å². The lowest BCUT2D eigenvalue weighted by molar-refractivity contribution is -0.131. The Morgan fingerprint density at radius 3 is 2.68 bits per heavy atom. The summed E-state index contributed by atoms with van der Waals surface area (Å²) < 4.78 is 32.4. The van der Waals surface area contributed by atoms with Gasteiger partial charge in [0.05, 0.1) is 6.10 Å². The highest BCUT2D eigenvalue weighted by Gasteiger charge is 2.44. The number of nitrogens with one attached hydrogen (secondary N) is 1. The van der Waals surface area contributed by atoms with Crippen molar-refractivity contribution in [2.24, 2.45) is 5.92 Å². The lowest BCUT2D eigenvalue weighted by atomic mass is 9.93. The van der Waals surface area contributed by atoms with Crippen molar-refractivity contribution in [3.8, 4) is 0 Å². The molecule has 3 atom stereocenters. The quantitative estimate of drug-likeness (QED) is 0.725. The molecule has 1 amide bonds. The smallest absolute Gasteiger partial charge is 0.281 e. The Balaban J connectivity index is 2.04. The van der Waals surface area contributed by atoms with Crippen LogP contribution >= 0.6 is 0 Å². The van der Waals surface area contributed by atoms with Crippen LogP contribution in [0.3, 0.4) is 0 Å². The number of amides is 1. The van der Waals surface area contributed by atoms with Gasteiger partial charge in [0.2, 0.25) is 5.91 Å². The van der Waals surface area contributed by atoms with Crippen LogP contribution in [0.15, 0.2) is 0 Å². The predicted octanol–water partition coefficient (Wildman–Crippen LogP) is -0.982. The first-order valence-corrected chi connectivity index (χ1v) is 7.80. The summed E-state index contributed by atoms with van der Waals surface area (Å²) in [6, 6.07) is 0. The molecule has 0 aromatic carbocycles. The van der Waals surface area contributed by atoms with Gasteiger partial charge in [0.15, 0.2) is 0 Å². The Morgan fingerprint density at radius 2 is 2.11 bits per heavy atom. The van der Waals surface area contributed by atoms with Crippen LogP contribution in [-0.4, -0.2) is 69.4 Å². The average Bonchev–Trinajstić information content (AvgIpc) is 2.80. The van der Waals surface area contributed by atoms with Gasteiger partial charge in [-0.3, -0.25) is 4.79 Å². The Bertz CT molecular complexity index is 451. The highest BCUT2D eigenvalue weighted by molar-refractivity contribution is 7.86. The molecule has 110 valence electrons. The normalized spacial score (nSPS) is 32.3. The third-order valence-electron chi connectivity index (χ3n) is 3.84. The van der Waals surface area contributed by atoms with Gasteiger partial charge in [-0.05, 0) is 18.8 Å². The lowest BCUT2D eigenvalue weighted by Crippen LogP contribution is -2.49. The number of fused-ring (bicyclic) bond motifs is 1. The lowest BCUT2D eigenvalue weighted by Gasteiger charge is -2.34. The molecule has 2 aliphatic heterocycles. The van der Waals surface area contributed by atoms with E-state index in [9.17, 15) is 13.2 Å². The highest BCUT2D eigenvalue weighted by atomic mass is 32.2. The summed E-state index contributed by atoms with van der Waals surface area (Å²) in [7, 11) is 1.22. The number of carbonyl (C=O) groups is 1. The van der Waals surface area contributed by atoms with Crippen LogP contribution in [0.4, 0.5) is 0 Å². The maximum Gasteiger partial charge on any atom is 0.281 e. The van der Waals surface area contributed by atoms with E-state index in [-0.39, 0.29) is 17.9 Å². The van der Waals surface area contributed by atoms with Crippen molar-refractivity contribution in [2.45, 2.75) is 25.0 Å². The molecule has 2 heterocycles. The summed E-state index contributed by atoms with van der Waals surface area (Å²) in [6.45, 7) is 0.824. The topological polar surface area (TPSA) is 79.0 Å². The van der Waals surface area contributed by atoms with Crippen molar-refractivity contribution in [2.75, 3.05) is 34.2 Å². The monoisotopic (exact) mass is 291 g/mol. The fourth-order valence-corrected chi connectivity index (χ4v) is 3.81. The van der Waals surface area contributed by atoms with Crippen molar-refractivity contribution >= 4 is 16.1 Å². The van der Waals surface area contributed by atoms with Gasteiger partial charge < -0.3 is 10.1 Å². The SMILES string of the molecule is CNC(=O)[C@H]1C[C@@H]2CCN(S(=O)(=O)N(C)C)C[C@H]2O1. The minimum Gasteiger partial charge on any atom is -0.363 e. The number of hydrogen-bond acceptors (Lipinski definition) is 4. The molecular formula is C11H21N3O4S. The summed E-state index contributed by atoms with van der Waals surface area (Å²) >= 11 is 0. The van der Waals surface area contributed by atoms with Gasteiger partial charge in [-0.1, -0.05) is 0 Å². The first kappa shape index (κ1) is 14.7. The first-order chi connectivity index (χ1) is 8.86. The zero-order valence-corrected chi connectivity index (χ0v) is 12.3. The van der Waals surface area contributed by atoms with Crippen molar-refractivity contribution in [3.63, 3.8) is 0 Å². The van der Waals surface area contributed by atoms with Gasteiger partial charge in [-0.25, -0.2) is 0 Å². The van der Waals surface area contributed by atoms with Crippen molar-refractivity contribution < 1.29 is 17.9 Å². The van der Waals surface area contributed by atoms with Gasteiger partial charge >= 0.3 is 0 Å². The summed E-state index contributed by atoms with van der Waals surface area (Å²) in [5.41, 5.74) is 0. The van der Waals surface area contributed by atoms with E-state index >= 15 is 0 Å². The number of hydrogen-bond donors (Lipinski definition) is 1. The molecule has 0 saturated carbocycles. The molecular weight excluding hydrogens is 270 g/mol. The van der Waals surface area contributed by atoms with E-state index in [2.05, 4.69) is 5.32 Å². The van der Waals surface area contributed by atoms with E-state index in [1.807, 2.05) is 0 Å². The number of nitrogens with zero attached hydrogens (tertiary/aromatic N) is 2. The molecule has 8 heteroatoms. The minimum absolute atomic E-state index is 0.128. The van der Waals surface area contributed by atoms with Gasteiger partial charge in [0, 0.05) is 34.2 Å².